The molecule has 1 aliphatic heterocycles. The van der Waals surface area contributed by atoms with Crippen LogP contribution in [0.2, 0.25) is 0 Å². The van der Waals surface area contributed by atoms with Gasteiger partial charge in [0.05, 0.1) is 19.3 Å². The summed E-state index contributed by atoms with van der Waals surface area (Å²) in [4.78, 5) is 0. The van der Waals surface area contributed by atoms with Crippen LogP contribution in [0.15, 0.2) is 22.3 Å². The molecule has 2 fully saturated rings. The summed E-state index contributed by atoms with van der Waals surface area (Å²) < 4.78 is 12.0. The van der Waals surface area contributed by atoms with Gasteiger partial charge in [-0.05, 0) is 67.9 Å². The average molecular weight is 344 g/mol. The maximum Gasteiger partial charge on any atom is 0.172 e. The van der Waals surface area contributed by atoms with Crippen molar-refractivity contribution in [2.75, 3.05) is 13.2 Å². The molecule has 1 saturated carbocycles. The number of ether oxygens (including phenoxy) is 2. The highest BCUT2D eigenvalue weighted by Gasteiger charge is 2.56. The van der Waals surface area contributed by atoms with E-state index in [0.717, 1.165) is 45.3 Å². The Morgan fingerprint density at radius 3 is 2.64 bits per heavy atom. The van der Waals surface area contributed by atoms with E-state index >= 15 is 0 Å². The first-order chi connectivity index (χ1) is 11.9. The zero-order chi connectivity index (χ0) is 17.4. The zero-order valence-electron chi connectivity index (χ0n) is 15.9. The summed E-state index contributed by atoms with van der Waals surface area (Å²) >= 11 is 0. The summed E-state index contributed by atoms with van der Waals surface area (Å²) in [5.41, 5.74) is 6.58. The lowest BCUT2D eigenvalue weighted by atomic mass is 9.54. The Morgan fingerprint density at radius 1 is 1.12 bits per heavy atom. The van der Waals surface area contributed by atoms with Gasteiger partial charge >= 0.3 is 0 Å². The van der Waals surface area contributed by atoms with Gasteiger partial charge in [0.15, 0.2) is 5.79 Å². The minimum absolute atomic E-state index is 0.0954. The number of aliphatic hydroxyl groups excluding tert-OH is 1. The van der Waals surface area contributed by atoms with Crippen LogP contribution in [0.3, 0.4) is 0 Å². The molecule has 3 nitrogen and oxygen atoms in total. The fourth-order valence-electron chi connectivity index (χ4n) is 7.17. The van der Waals surface area contributed by atoms with E-state index in [4.69, 9.17) is 9.47 Å². The number of rotatable bonds is 0. The largest absolute Gasteiger partial charge is 0.393 e. The molecular weight excluding hydrogens is 312 g/mol. The number of hydrogen-bond acceptors (Lipinski definition) is 3. The van der Waals surface area contributed by atoms with Gasteiger partial charge in [-0.25, -0.2) is 0 Å². The summed E-state index contributed by atoms with van der Waals surface area (Å²) in [6.07, 6.45) is 7.42. The third-order valence-electron chi connectivity index (χ3n) is 8.22. The molecule has 5 atom stereocenters. The fourth-order valence-corrected chi connectivity index (χ4v) is 7.17. The third kappa shape index (κ3) is 2.22. The Kier molecular flexibility index (Phi) is 3.59. The minimum atomic E-state index is -0.313. The van der Waals surface area contributed by atoms with Crippen molar-refractivity contribution in [2.45, 2.75) is 77.6 Å². The van der Waals surface area contributed by atoms with Gasteiger partial charge in [-0.2, -0.15) is 0 Å². The van der Waals surface area contributed by atoms with E-state index in [1.807, 2.05) is 0 Å². The van der Waals surface area contributed by atoms with E-state index in [0.29, 0.717) is 17.8 Å². The Balaban J connectivity index is 1.57. The Bertz CT molecular complexity index is 654. The SMILES string of the molecule is CC1=C2C3=C(C[C@@H](C)C2C2CCC(O)[C@@]2(C)C1)CC1(CC3)OCCO1. The summed E-state index contributed by atoms with van der Waals surface area (Å²) in [5.74, 6) is 1.65. The van der Waals surface area contributed by atoms with Gasteiger partial charge < -0.3 is 14.6 Å². The maximum absolute atomic E-state index is 10.7. The molecular formula is C22H32O3. The molecule has 3 heteroatoms. The fraction of sp³-hybridized carbons (Fsp3) is 0.818. The topological polar surface area (TPSA) is 38.7 Å². The third-order valence-corrected chi connectivity index (χ3v) is 8.22. The van der Waals surface area contributed by atoms with Gasteiger partial charge in [-0.3, -0.25) is 0 Å². The second kappa shape index (κ2) is 5.43. The molecule has 0 aromatic rings. The Morgan fingerprint density at radius 2 is 1.88 bits per heavy atom. The monoisotopic (exact) mass is 344 g/mol. The van der Waals surface area contributed by atoms with Gasteiger partial charge in [-0.1, -0.05) is 25.0 Å². The van der Waals surface area contributed by atoms with Crippen LogP contribution >= 0.6 is 0 Å². The predicted molar refractivity (Wildman–Crippen MR) is 96.9 cm³/mol. The van der Waals surface area contributed by atoms with E-state index in [9.17, 15) is 5.11 Å². The van der Waals surface area contributed by atoms with Crippen molar-refractivity contribution in [3.8, 4) is 0 Å². The van der Waals surface area contributed by atoms with Crippen molar-refractivity contribution in [1.29, 1.82) is 0 Å². The standard InChI is InChI=1S/C22H32O3/c1-13-10-15-12-22(24-8-9-25-22)7-6-16(15)19-14(2)11-21(3)17(20(13)19)4-5-18(21)23/h13,17-18,20,23H,4-12H2,1-3H3/t13-,17?,18?,20?,21+/m1/s1. The molecule has 0 aromatic heterocycles. The van der Waals surface area contributed by atoms with Gasteiger partial charge in [0.25, 0.3) is 0 Å². The van der Waals surface area contributed by atoms with Crippen molar-refractivity contribution >= 4 is 0 Å². The molecule has 1 saturated heterocycles. The van der Waals surface area contributed by atoms with Gasteiger partial charge in [-0.15, -0.1) is 0 Å². The van der Waals surface area contributed by atoms with E-state index in [2.05, 4.69) is 20.8 Å². The molecule has 0 amide bonds. The molecule has 0 aromatic carbocycles. The number of aliphatic hydroxyl groups is 1. The second-order valence-corrected chi connectivity index (χ2v) is 9.65. The minimum Gasteiger partial charge on any atom is -0.393 e. The summed E-state index contributed by atoms with van der Waals surface area (Å²) in [6.45, 7) is 8.63. The maximum atomic E-state index is 10.7. The second-order valence-electron chi connectivity index (χ2n) is 9.65. The van der Waals surface area contributed by atoms with Crippen molar-refractivity contribution in [2.24, 2.45) is 23.2 Å². The molecule has 1 heterocycles. The van der Waals surface area contributed by atoms with Crippen molar-refractivity contribution in [3.05, 3.63) is 22.3 Å². The van der Waals surface area contributed by atoms with Crippen molar-refractivity contribution in [3.63, 3.8) is 0 Å². The quantitative estimate of drug-likeness (QED) is 0.709. The molecule has 0 radical (unpaired) electrons. The zero-order valence-corrected chi connectivity index (χ0v) is 15.9. The predicted octanol–water partition coefficient (Wildman–Crippen LogP) is 4.36. The first-order valence-electron chi connectivity index (χ1n) is 10.3. The number of hydrogen-bond donors (Lipinski definition) is 1. The van der Waals surface area contributed by atoms with Crippen LogP contribution in [0.5, 0.6) is 0 Å². The molecule has 0 bridgehead atoms. The van der Waals surface area contributed by atoms with E-state index in [1.165, 1.54) is 12.8 Å². The molecule has 138 valence electrons. The molecule has 25 heavy (non-hydrogen) atoms. The molecule has 1 spiro atoms. The smallest absolute Gasteiger partial charge is 0.172 e. The van der Waals surface area contributed by atoms with Crippen LogP contribution in [-0.2, 0) is 9.47 Å². The van der Waals surface area contributed by atoms with Gasteiger partial charge in [0.2, 0.25) is 0 Å². The van der Waals surface area contributed by atoms with E-state index in [-0.39, 0.29) is 17.3 Å². The number of allylic oxidation sites excluding steroid dienone is 3. The summed E-state index contributed by atoms with van der Waals surface area (Å²) in [5, 5.41) is 10.7. The van der Waals surface area contributed by atoms with Crippen molar-refractivity contribution < 1.29 is 14.6 Å². The van der Waals surface area contributed by atoms with Gasteiger partial charge in [0, 0.05) is 18.3 Å². The Hall–Kier alpha value is -0.640. The molecule has 1 N–H and O–H groups in total. The first-order valence-corrected chi connectivity index (χ1v) is 10.3. The van der Waals surface area contributed by atoms with Gasteiger partial charge in [0.1, 0.15) is 0 Å². The highest BCUT2D eigenvalue weighted by atomic mass is 16.7. The van der Waals surface area contributed by atoms with Crippen LogP contribution in [-0.4, -0.2) is 30.2 Å². The highest BCUT2D eigenvalue weighted by Crippen LogP contribution is 2.62. The molecule has 5 aliphatic rings. The lowest BCUT2D eigenvalue weighted by Gasteiger charge is -2.52. The van der Waals surface area contributed by atoms with Crippen LogP contribution in [0.25, 0.3) is 0 Å². The summed E-state index contributed by atoms with van der Waals surface area (Å²) in [6, 6.07) is 0. The Labute approximate surface area is 151 Å². The highest BCUT2D eigenvalue weighted by molar-refractivity contribution is 5.48. The number of fused-ring (bicyclic) bond motifs is 4. The lowest BCUT2D eigenvalue weighted by Crippen LogP contribution is -2.45. The molecule has 5 rings (SSSR count). The van der Waals surface area contributed by atoms with Crippen LogP contribution < -0.4 is 0 Å². The van der Waals surface area contributed by atoms with Crippen LogP contribution in [0.4, 0.5) is 0 Å². The molecule has 4 aliphatic carbocycles. The summed E-state index contributed by atoms with van der Waals surface area (Å²) in [7, 11) is 0. The average Bonchev–Trinajstić information content (AvgIpc) is 3.12. The van der Waals surface area contributed by atoms with Crippen LogP contribution in [0, 0.1) is 23.2 Å². The first kappa shape index (κ1) is 16.5. The van der Waals surface area contributed by atoms with Crippen LogP contribution in [0.1, 0.15) is 65.7 Å². The lowest BCUT2D eigenvalue weighted by molar-refractivity contribution is -0.164. The van der Waals surface area contributed by atoms with Crippen molar-refractivity contribution in [1.82, 2.24) is 0 Å². The normalized spacial score (nSPS) is 45.6. The molecule has 3 unspecified atom stereocenters. The van der Waals surface area contributed by atoms with E-state index < -0.39 is 0 Å². The van der Waals surface area contributed by atoms with E-state index in [1.54, 1.807) is 22.3 Å².